The topological polar surface area (TPSA) is 132 Å². The number of hydrogen-bond acceptors (Lipinski definition) is 7. The Hall–Kier alpha value is 0.180. The van der Waals surface area contributed by atoms with Crippen LogP contribution in [0.4, 0.5) is 0 Å². The highest BCUT2D eigenvalue weighted by atomic mass is 31.2. The summed E-state index contributed by atoms with van der Waals surface area (Å²) in [6.45, 7) is 3.11. The molecule has 140 valence electrons. The van der Waals surface area contributed by atoms with Gasteiger partial charge in [0.25, 0.3) is 0 Å². The number of phosphoric ester groups is 2. The van der Waals surface area contributed by atoms with Crippen molar-refractivity contribution in [1.82, 2.24) is 0 Å². The summed E-state index contributed by atoms with van der Waals surface area (Å²) in [6, 6.07) is 0. The maximum absolute atomic E-state index is 11.5. The number of aliphatic hydroxyl groups is 1. The summed E-state index contributed by atoms with van der Waals surface area (Å²) < 4.78 is 41.7. The van der Waals surface area contributed by atoms with Gasteiger partial charge in [-0.15, -0.1) is 0 Å². The van der Waals surface area contributed by atoms with E-state index in [1.54, 1.807) is 13.8 Å². The standard InChI is InChI=1S/C12H28O9P2/c1-12(2)21-23(16,17)20-11-7-10-19-22(14,15)18-9-6-4-3-5-8-13/h12-13H,3-11H2,1-2H3,(H,14,15)(H,16,17). The van der Waals surface area contributed by atoms with E-state index in [4.69, 9.17) is 14.2 Å². The summed E-state index contributed by atoms with van der Waals surface area (Å²) in [6.07, 6.45) is 2.59. The van der Waals surface area contributed by atoms with Crippen LogP contribution < -0.4 is 0 Å². The zero-order chi connectivity index (χ0) is 17.8. The minimum atomic E-state index is -4.12. The number of hydrogen-bond donors (Lipinski definition) is 3. The van der Waals surface area contributed by atoms with Crippen LogP contribution in [0.1, 0.15) is 46.0 Å². The molecule has 0 amide bonds. The Balaban J connectivity index is 3.69. The molecule has 2 atom stereocenters. The van der Waals surface area contributed by atoms with Crippen molar-refractivity contribution in [3.05, 3.63) is 0 Å². The fourth-order valence-electron chi connectivity index (χ4n) is 1.50. The van der Waals surface area contributed by atoms with Gasteiger partial charge in [0.2, 0.25) is 0 Å². The largest absolute Gasteiger partial charge is 0.472 e. The van der Waals surface area contributed by atoms with Gasteiger partial charge in [-0.3, -0.25) is 18.1 Å². The Bertz CT molecular complexity index is 389. The van der Waals surface area contributed by atoms with Gasteiger partial charge < -0.3 is 14.9 Å². The van der Waals surface area contributed by atoms with E-state index in [1.807, 2.05) is 0 Å². The second-order valence-electron chi connectivity index (χ2n) is 5.08. The molecule has 23 heavy (non-hydrogen) atoms. The van der Waals surface area contributed by atoms with Crippen LogP contribution in [-0.2, 0) is 27.2 Å². The van der Waals surface area contributed by atoms with E-state index in [9.17, 15) is 18.9 Å². The van der Waals surface area contributed by atoms with Gasteiger partial charge in [-0.2, -0.15) is 0 Å². The van der Waals surface area contributed by atoms with Gasteiger partial charge in [-0.05, 0) is 33.1 Å². The quantitative estimate of drug-likeness (QED) is 0.290. The van der Waals surface area contributed by atoms with Gasteiger partial charge in [0.15, 0.2) is 0 Å². The van der Waals surface area contributed by atoms with Crippen LogP contribution in [0.25, 0.3) is 0 Å². The molecule has 0 saturated carbocycles. The molecule has 0 rings (SSSR count). The van der Waals surface area contributed by atoms with E-state index in [2.05, 4.69) is 9.05 Å². The normalized spacial score (nSPS) is 17.1. The SMILES string of the molecule is CC(C)OP(=O)(O)OCCCOP(=O)(O)OCCCCCCO. The maximum Gasteiger partial charge on any atom is 0.472 e. The first kappa shape index (κ1) is 23.2. The van der Waals surface area contributed by atoms with Crippen molar-refractivity contribution in [2.75, 3.05) is 26.4 Å². The third-order valence-electron chi connectivity index (χ3n) is 2.45. The summed E-state index contributed by atoms with van der Waals surface area (Å²) in [7, 11) is -8.22. The average molecular weight is 378 g/mol. The zero-order valence-corrected chi connectivity index (χ0v) is 15.4. The first-order valence-electron chi connectivity index (χ1n) is 7.57. The highest BCUT2D eigenvalue weighted by molar-refractivity contribution is 7.47. The minimum absolute atomic E-state index is 0.0871. The molecule has 0 aromatic heterocycles. The van der Waals surface area contributed by atoms with Crippen molar-refractivity contribution in [3.63, 3.8) is 0 Å². The van der Waals surface area contributed by atoms with Crippen LogP contribution >= 0.6 is 15.6 Å². The van der Waals surface area contributed by atoms with Gasteiger partial charge in [0, 0.05) is 6.61 Å². The van der Waals surface area contributed by atoms with Crippen LogP contribution in [0.15, 0.2) is 0 Å². The van der Waals surface area contributed by atoms with Gasteiger partial charge in [0.1, 0.15) is 0 Å². The maximum atomic E-state index is 11.5. The zero-order valence-electron chi connectivity index (χ0n) is 13.6. The molecule has 0 saturated heterocycles. The summed E-state index contributed by atoms with van der Waals surface area (Å²) in [5.74, 6) is 0. The van der Waals surface area contributed by atoms with E-state index in [0.717, 1.165) is 12.8 Å². The van der Waals surface area contributed by atoms with Crippen molar-refractivity contribution >= 4 is 15.6 Å². The first-order valence-corrected chi connectivity index (χ1v) is 10.6. The fraction of sp³-hybridized carbons (Fsp3) is 1.00. The third-order valence-corrected chi connectivity index (χ3v) is 4.66. The molecule has 0 radical (unpaired) electrons. The minimum Gasteiger partial charge on any atom is -0.396 e. The van der Waals surface area contributed by atoms with Crippen LogP contribution in [0.3, 0.4) is 0 Å². The molecular formula is C12H28O9P2. The number of rotatable bonds is 15. The molecule has 2 unspecified atom stereocenters. The lowest BCUT2D eigenvalue weighted by atomic mass is 10.2. The van der Waals surface area contributed by atoms with E-state index < -0.39 is 21.7 Å². The second kappa shape index (κ2) is 12.5. The molecule has 0 fully saturated rings. The van der Waals surface area contributed by atoms with E-state index in [1.165, 1.54) is 0 Å². The lowest BCUT2D eigenvalue weighted by Crippen LogP contribution is -2.05. The molecule has 0 aromatic carbocycles. The van der Waals surface area contributed by atoms with E-state index in [0.29, 0.717) is 12.8 Å². The molecule has 0 aliphatic carbocycles. The number of aliphatic hydroxyl groups excluding tert-OH is 1. The predicted molar refractivity (Wildman–Crippen MR) is 83.9 cm³/mol. The molecule has 3 N–H and O–H groups in total. The molecule has 11 heteroatoms. The van der Waals surface area contributed by atoms with Crippen LogP contribution in [0, 0.1) is 0 Å². The van der Waals surface area contributed by atoms with Crippen LogP contribution in [-0.4, -0.2) is 47.4 Å². The van der Waals surface area contributed by atoms with Gasteiger partial charge in [-0.1, -0.05) is 12.8 Å². The van der Waals surface area contributed by atoms with E-state index in [-0.39, 0.29) is 32.8 Å². The Kier molecular flexibility index (Phi) is 12.6. The first-order chi connectivity index (χ1) is 10.7. The molecular weight excluding hydrogens is 350 g/mol. The summed E-state index contributed by atoms with van der Waals surface area (Å²) >= 11 is 0. The van der Waals surface area contributed by atoms with Crippen molar-refractivity contribution in [3.8, 4) is 0 Å². The Morgan fingerprint density at radius 3 is 1.78 bits per heavy atom. The summed E-state index contributed by atoms with van der Waals surface area (Å²) in [5, 5.41) is 8.60. The van der Waals surface area contributed by atoms with Crippen molar-refractivity contribution in [2.24, 2.45) is 0 Å². The molecule has 9 nitrogen and oxygen atoms in total. The van der Waals surface area contributed by atoms with Crippen molar-refractivity contribution in [2.45, 2.75) is 52.1 Å². The summed E-state index contributed by atoms with van der Waals surface area (Å²) in [5.41, 5.74) is 0. The van der Waals surface area contributed by atoms with Gasteiger partial charge in [0.05, 0.1) is 25.9 Å². The monoisotopic (exact) mass is 378 g/mol. The highest BCUT2D eigenvalue weighted by Gasteiger charge is 2.23. The Morgan fingerprint density at radius 1 is 0.783 bits per heavy atom. The molecule has 0 aliphatic heterocycles. The van der Waals surface area contributed by atoms with Crippen LogP contribution in [0.5, 0.6) is 0 Å². The molecule has 0 bridgehead atoms. The molecule has 0 heterocycles. The lowest BCUT2D eigenvalue weighted by molar-refractivity contribution is 0.108. The Labute approximate surface area is 137 Å². The summed E-state index contributed by atoms with van der Waals surface area (Å²) in [4.78, 5) is 18.7. The van der Waals surface area contributed by atoms with Gasteiger partial charge >= 0.3 is 15.6 Å². The predicted octanol–water partition coefficient (Wildman–Crippen LogP) is 2.60. The average Bonchev–Trinajstić information content (AvgIpc) is 2.40. The number of unbranched alkanes of at least 4 members (excludes halogenated alkanes) is 3. The molecule has 0 aliphatic rings. The van der Waals surface area contributed by atoms with Crippen molar-refractivity contribution < 1.29 is 42.1 Å². The number of phosphoric acid groups is 2. The third kappa shape index (κ3) is 15.4. The second-order valence-corrected chi connectivity index (χ2v) is 7.94. The highest BCUT2D eigenvalue weighted by Crippen LogP contribution is 2.45. The van der Waals surface area contributed by atoms with Crippen LogP contribution in [0.2, 0.25) is 0 Å². The fourth-order valence-corrected chi connectivity index (χ4v) is 3.25. The molecule has 0 aromatic rings. The van der Waals surface area contributed by atoms with Crippen molar-refractivity contribution in [1.29, 1.82) is 0 Å². The lowest BCUT2D eigenvalue weighted by Gasteiger charge is -2.15. The molecule has 0 spiro atoms. The van der Waals surface area contributed by atoms with Gasteiger partial charge in [-0.25, -0.2) is 9.13 Å². The van der Waals surface area contributed by atoms with E-state index >= 15 is 0 Å². The smallest absolute Gasteiger partial charge is 0.396 e. The Morgan fingerprint density at radius 2 is 1.26 bits per heavy atom.